The number of nitrogens with zero attached hydrogens (tertiary/aromatic N) is 5. The molecule has 0 saturated heterocycles. The maximum Gasteiger partial charge on any atom is 0.192 e. The topological polar surface area (TPSA) is 81.3 Å². The number of hydrogen-bond acceptors (Lipinski definition) is 4. The van der Waals surface area contributed by atoms with Crippen LogP contribution in [0.4, 0.5) is 0 Å². The Bertz CT molecular complexity index is 1000. The highest BCUT2D eigenvalue weighted by atomic mass is 16.5. The van der Waals surface area contributed by atoms with E-state index in [2.05, 4.69) is 39.2 Å². The molecule has 2 N–H and O–H groups in total. The molecule has 3 heterocycles. The first-order chi connectivity index (χ1) is 14.1. The van der Waals surface area contributed by atoms with Crippen LogP contribution >= 0.6 is 0 Å². The van der Waals surface area contributed by atoms with Crippen molar-refractivity contribution in [3.05, 3.63) is 65.5 Å². The van der Waals surface area contributed by atoms with E-state index in [0.29, 0.717) is 19.7 Å². The number of aliphatic imine (C=N–C) groups is 1. The smallest absolute Gasteiger partial charge is 0.192 e. The van der Waals surface area contributed by atoms with Crippen molar-refractivity contribution in [1.29, 1.82) is 0 Å². The molecule has 0 bridgehead atoms. The van der Waals surface area contributed by atoms with E-state index < -0.39 is 0 Å². The highest BCUT2D eigenvalue weighted by Gasteiger charge is 2.22. The fraction of sp³-hybridized carbons (Fsp3) is 0.381. The van der Waals surface area contributed by atoms with Crippen molar-refractivity contribution in [3.63, 3.8) is 0 Å². The van der Waals surface area contributed by atoms with Gasteiger partial charge in [0.15, 0.2) is 11.8 Å². The fourth-order valence-electron chi connectivity index (χ4n) is 3.40. The molecule has 0 spiro atoms. The van der Waals surface area contributed by atoms with Gasteiger partial charge in [-0.2, -0.15) is 0 Å². The number of benzene rings is 1. The van der Waals surface area contributed by atoms with Gasteiger partial charge in [-0.25, -0.2) is 4.99 Å². The third kappa shape index (κ3) is 4.42. The zero-order valence-corrected chi connectivity index (χ0v) is 17.1. The number of nitrogens with one attached hydrogen (secondary N) is 2. The summed E-state index contributed by atoms with van der Waals surface area (Å²) >= 11 is 0. The standard InChI is InChI=1S/C21H27N7O/c1-15-25-26-20(28(15)3)13-23-21(22-12-16-8-10-27(2)14-16)24-18-9-11-29-19-7-5-4-6-17(18)19/h4-8,10,14,18H,9,11-13H2,1-3H3,(H2,22,23,24). The zero-order chi connectivity index (χ0) is 20.2. The lowest BCUT2D eigenvalue weighted by Gasteiger charge is -2.28. The van der Waals surface area contributed by atoms with Crippen LogP contribution in [-0.4, -0.2) is 31.9 Å². The summed E-state index contributed by atoms with van der Waals surface area (Å²) in [4.78, 5) is 4.81. The predicted octanol–water partition coefficient (Wildman–Crippen LogP) is 2.22. The van der Waals surface area contributed by atoms with Gasteiger partial charge < -0.3 is 24.5 Å². The normalized spacial score (nSPS) is 16.2. The zero-order valence-electron chi connectivity index (χ0n) is 17.1. The monoisotopic (exact) mass is 393 g/mol. The number of aryl methyl sites for hydroxylation is 2. The van der Waals surface area contributed by atoms with Gasteiger partial charge in [-0.05, 0) is 24.6 Å². The lowest BCUT2D eigenvalue weighted by molar-refractivity contribution is 0.261. The lowest BCUT2D eigenvalue weighted by Crippen LogP contribution is -2.41. The molecule has 152 valence electrons. The maximum atomic E-state index is 5.79. The highest BCUT2D eigenvalue weighted by molar-refractivity contribution is 5.80. The molecule has 0 saturated carbocycles. The molecule has 29 heavy (non-hydrogen) atoms. The summed E-state index contributed by atoms with van der Waals surface area (Å²) in [6, 6.07) is 10.4. The number of ether oxygens (including phenoxy) is 1. The molecular weight excluding hydrogens is 366 g/mol. The molecule has 1 aromatic carbocycles. The largest absolute Gasteiger partial charge is 0.493 e. The average molecular weight is 393 g/mol. The molecular formula is C21H27N7O. The Morgan fingerprint density at radius 3 is 2.86 bits per heavy atom. The van der Waals surface area contributed by atoms with Crippen LogP contribution in [0, 0.1) is 6.92 Å². The van der Waals surface area contributed by atoms with Crippen LogP contribution in [0.5, 0.6) is 5.75 Å². The van der Waals surface area contributed by atoms with E-state index in [1.165, 1.54) is 0 Å². The molecule has 0 fully saturated rings. The van der Waals surface area contributed by atoms with Crippen LogP contribution in [0.3, 0.4) is 0 Å². The molecule has 0 amide bonds. The minimum Gasteiger partial charge on any atom is -0.493 e. The second-order valence-corrected chi connectivity index (χ2v) is 7.30. The molecule has 0 aliphatic carbocycles. The van der Waals surface area contributed by atoms with Crippen LogP contribution in [0.15, 0.2) is 47.7 Å². The minimum atomic E-state index is 0.142. The van der Waals surface area contributed by atoms with E-state index in [0.717, 1.165) is 40.9 Å². The molecule has 4 rings (SSSR count). The van der Waals surface area contributed by atoms with Crippen LogP contribution in [0.2, 0.25) is 0 Å². The SMILES string of the molecule is Cc1nnc(CNC(=NCc2ccn(C)c2)NC2CCOc3ccccc32)n1C. The Morgan fingerprint density at radius 1 is 1.24 bits per heavy atom. The van der Waals surface area contributed by atoms with Crippen molar-refractivity contribution in [1.82, 2.24) is 30.0 Å². The van der Waals surface area contributed by atoms with Crippen LogP contribution < -0.4 is 15.4 Å². The molecule has 0 radical (unpaired) electrons. The van der Waals surface area contributed by atoms with Crippen molar-refractivity contribution in [3.8, 4) is 5.75 Å². The first-order valence-corrected chi connectivity index (χ1v) is 9.82. The summed E-state index contributed by atoms with van der Waals surface area (Å²) in [7, 11) is 3.98. The van der Waals surface area contributed by atoms with Crippen LogP contribution in [0.1, 0.15) is 35.2 Å². The Balaban J connectivity index is 1.52. The second kappa shape index (κ2) is 8.38. The number of rotatable bonds is 5. The number of hydrogen-bond donors (Lipinski definition) is 2. The molecule has 8 nitrogen and oxygen atoms in total. The Kier molecular flexibility index (Phi) is 5.50. The Morgan fingerprint density at radius 2 is 2.10 bits per heavy atom. The van der Waals surface area contributed by atoms with Gasteiger partial charge in [-0.15, -0.1) is 10.2 Å². The van der Waals surface area contributed by atoms with Crippen molar-refractivity contribution in [2.45, 2.75) is 32.5 Å². The summed E-state index contributed by atoms with van der Waals surface area (Å²) in [5, 5.41) is 15.4. The van der Waals surface area contributed by atoms with Gasteiger partial charge in [0.05, 0.1) is 25.7 Å². The first-order valence-electron chi connectivity index (χ1n) is 9.82. The van der Waals surface area contributed by atoms with Crippen molar-refractivity contribution >= 4 is 5.96 Å². The average Bonchev–Trinajstić information content (AvgIpc) is 3.29. The molecule has 1 atom stereocenters. The van der Waals surface area contributed by atoms with Gasteiger partial charge in [-0.3, -0.25) is 0 Å². The Labute approximate surface area is 170 Å². The summed E-state index contributed by atoms with van der Waals surface area (Å²) in [6.07, 6.45) is 4.99. The van der Waals surface area contributed by atoms with Gasteiger partial charge in [0.1, 0.15) is 11.6 Å². The number of guanidine groups is 1. The quantitative estimate of drug-likeness (QED) is 0.513. The van der Waals surface area contributed by atoms with E-state index in [1.54, 1.807) is 0 Å². The third-order valence-corrected chi connectivity index (χ3v) is 5.18. The minimum absolute atomic E-state index is 0.142. The fourth-order valence-corrected chi connectivity index (χ4v) is 3.40. The summed E-state index contributed by atoms with van der Waals surface area (Å²) < 4.78 is 9.80. The van der Waals surface area contributed by atoms with Gasteiger partial charge in [0.25, 0.3) is 0 Å². The molecule has 1 unspecified atom stereocenters. The van der Waals surface area contributed by atoms with E-state index >= 15 is 0 Å². The molecule has 8 heteroatoms. The number of aromatic nitrogens is 4. The lowest BCUT2D eigenvalue weighted by atomic mass is 10.0. The van der Waals surface area contributed by atoms with Gasteiger partial charge in [0, 0.05) is 38.5 Å². The van der Waals surface area contributed by atoms with E-state index in [-0.39, 0.29) is 6.04 Å². The van der Waals surface area contributed by atoms with Crippen molar-refractivity contribution in [2.24, 2.45) is 19.1 Å². The van der Waals surface area contributed by atoms with Crippen molar-refractivity contribution in [2.75, 3.05) is 6.61 Å². The third-order valence-electron chi connectivity index (χ3n) is 5.18. The molecule has 1 aliphatic rings. The maximum absolute atomic E-state index is 5.79. The van der Waals surface area contributed by atoms with Crippen molar-refractivity contribution < 1.29 is 4.74 Å². The predicted molar refractivity (Wildman–Crippen MR) is 112 cm³/mol. The molecule has 3 aromatic rings. The van der Waals surface area contributed by atoms with E-state index in [1.807, 2.05) is 54.5 Å². The van der Waals surface area contributed by atoms with Crippen LogP contribution in [0.25, 0.3) is 0 Å². The summed E-state index contributed by atoms with van der Waals surface area (Å²) in [5.41, 5.74) is 2.32. The van der Waals surface area contributed by atoms with Crippen LogP contribution in [-0.2, 0) is 27.2 Å². The number of para-hydroxylation sites is 1. The first kappa shape index (κ1) is 19.0. The molecule has 1 aliphatic heterocycles. The highest BCUT2D eigenvalue weighted by Crippen LogP contribution is 2.31. The van der Waals surface area contributed by atoms with Gasteiger partial charge in [-0.1, -0.05) is 18.2 Å². The summed E-state index contributed by atoms with van der Waals surface area (Å²) in [5.74, 6) is 3.43. The van der Waals surface area contributed by atoms with Gasteiger partial charge >= 0.3 is 0 Å². The van der Waals surface area contributed by atoms with Gasteiger partial charge in [0.2, 0.25) is 0 Å². The van der Waals surface area contributed by atoms with E-state index in [4.69, 9.17) is 9.73 Å². The van der Waals surface area contributed by atoms with E-state index in [9.17, 15) is 0 Å². The second-order valence-electron chi connectivity index (χ2n) is 7.30. The number of fused-ring (bicyclic) bond motifs is 1. The molecule has 2 aromatic heterocycles. The summed E-state index contributed by atoms with van der Waals surface area (Å²) in [6.45, 7) is 3.77. The Hall–Kier alpha value is -3.29.